The van der Waals surface area contributed by atoms with Crippen LogP contribution in [0.4, 0.5) is 8.78 Å². The molecule has 0 N–H and O–H groups in total. The summed E-state index contributed by atoms with van der Waals surface area (Å²) in [5.74, 6) is -1.07. The first kappa shape index (κ1) is 21.8. The van der Waals surface area contributed by atoms with E-state index in [4.69, 9.17) is 9.16 Å². The second-order valence-electron chi connectivity index (χ2n) is 6.65. The first-order chi connectivity index (χ1) is 13.3. The van der Waals surface area contributed by atoms with Crippen LogP contribution in [-0.4, -0.2) is 14.3 Å². The average Bonchev–Trinajstić information content (AvgIpc) is 2.66. The van der Waals surface area contributed by atoms with Gasteiger partial charge in [0.05, 0.1) is 0 Å². The number of halogens is 2. The van der Waals surface area contributed by atoms with Crippen LogP contribution in [0.15, 0.2) is 36.9 Å². The molecule has 2 aromatic rings. The van der Waals surface area contributed by atoms with E-state index in [2.05, 4.69) is 27.4 Å². The SMILES string of the molecule is C=Cc1cc(F)cc(F)c1-c1ccc(OC(C)=O)cc1O[Si](CC)(CC)CC. The van der Waals surface area contributed by atoms with Crippen LogP contribution < -0.4 is 9.16 Å². The second kappa shape index (κ2) is 9.15. The number of carbonyl (C=O) groups is 1. The second-order valence-corrected chi connectivity index (χ2v) is 11.3. The van der Waals surface area contributed by atoms with E-state index in [1.54, 1.807) is 18.2 Å². The zero-order chi connectivity index (χ0) is 20.9. The van der Waals surface area contributed by atoms with Gasteiger partial charge >= 0.3 is 5.97 Å². The predicted octanol–water partition coefficient (Wildman–Crippen LogP) is 6.58. The van der Waals surface area contributed by atoms with Crippen LogP contribution in [0.3, 0.4) is 0 Å². The lowest BCUT2D eigenvalue weighted by Crippen LogP contribution is -2.39. The van der Waals surface area contributed by atoms with Gasteiger partial charge in [0.2, 0.25) is 0 Å². The van der Waals surface area contributed by atoms with Crippen LogP contribution in [0.1, 0.15) is 33.3 Å². The highest BCUT2D eigenvalue weighted by Gasteiger charge is 2.32. The minimum absolute atomic E-state index is 0.215. The Morgan fingerprint density at radius 2 is 1.75 bits per heavy atom. The van der Waals surface area contributed by atoms with E-state index in [0.29, 0.717) is 22.6 Å². The molecule has 0 amide bonds. The van der Waals surface area contributed by atoms with Crippen LogP contribution in [0.2, 0.25) is 18.1 Å². The number of ether oxygens (including phenoxy) is 1. The summed E-state index contributed by atoms with van der Waals surface area (Å²) in [4.78, 5) is 11.4. The molecular weight excluding hydrogens is 378 g/mol. The molecule has 0 bridgehead atoms. The van der Waals surface area contributed by atoms with Gasteiger partial charge in [-0.05, 0) is 41.9 Å². The highest BCUT2D eigenvalue weighted by Crippen LogP contribution is 2.40. The van der Waals surface area contributed by atoms with Crippen molar-refractivity contribution in [1.29, 1.82) is 0 Å². The van der Waals surface area contributed by atoms with Gasteiger partial charge in [0.25, 0.3) is 8.32 Å². The Bertz CT molecular complexity index is 868. The summed E-state index contributed by atoms with van der Waals surface area (Å²) in [7, 11) is -2.10. The number of esters is 1. The van der Waals surface area contributed by atoms with Gasteiger partial charge < -0.3 is 9.16 Å². The van der Waals surface area contributed by atoms with Crippen LogP contribution in [0.5, 0.6) is 11.5 Å². The van der Waals surface area contributed by atoms with Crippen LogP contribution in [-0.2, 0) is 4.79 Å². The Balaban J connectivity index is 2.71. The fourth-order valence-electron chi connectivity index (χ4n) is 3.26. The zero-order valence-electron chi connectivity index (χ0n) is 16.8. The molecule has 0 aromatic heterocycles. The number of carbonyl (C=O) groups excluding carboxylic acids is 1. The molecule has 0 fully saturated rings. The quantitative estimate of drug-likeness (QED) is 0.283. The summed E-state index contributed by atoms with van der Waals surface area (Å²) in [5, 5.41) is 0. The summed E-state index contributed by atoms with van der Waals surface area (Å²) in [5.41, 5.74) is 1.03. The molecule has 2 rings (SSSR count). The number of benzene rings is 2. The Kier molecular flexibility index (Phi) is 7.13. The van der Waals surface area contributed by atoms with E-state index in [0.717, 1.165) is 24.2 Å². The monoisotopic (exact) mass is 404 g/mol. The molecule has 0 saturated heterocycles. The lowest BCUT2D eigenvalue weighted by Gasteiger charge is -2.30. The van der Waals surface area contributed by atoms with Crippen molar-refractivity contribution in [1.82, 2.24) is 0 Å². The predicted molar refractivity (Wildman–Crippen MR) is 111 cm³/mol. The molecule has 0 heterocycles. The van der Waals surface area contributed by atoms with E-state index in [9.17, 15) is 13.6 Å². The Labute approximate surface area is 166 Å². The standard InChI is InChI=1S/C22H26F2O3Si/c1-6-16-12-17(23)13-20(24)22(16)19-11-10-18(26-15(5)25)14-21(19)27-28(7-2,8-3)9-4/h6,10-14H,1,7-9H2,2-5H3. The molecule has 0 unspecified atom stereocenters. The first-order valence-electron chi connectivity index (χ1n) is 9.42. The molecule has 0 aliphatic rings. The Hall–Kier alpha value is -2.47. The fraction of sp³-hybridized carbons (Fsp3) is 0.318. The van der Waals surface area contributed by atoms with Gasteiger partial charge in [-0.15, -0.1) is 0 Å². The normalized spacial score (nSPS) is 11.2. The summed E-state index contributed by atoms with van der Waals surface area (Å²) >= 11 is 0. The van der Waals surface area contributed by atoms with Gasteiger partial charge in [-0.3, -0.25) is 4.79 Å². The maximum atomic E-state index is 14.7. The van der Waals surface area contributed by atoms with Gasteiger partial charge in [-0.2, -0.15) is 0 Å². The number of hydrogen-bond acceptors (Lipinski definition) is 3. The molecule has 28 heavy (non-hydrogen) atoms. The molecule has 0 aliphatic heterocycles. The Morgan fingerprint density at radius 3 is 2.29 bits per heavy atom. The molecule has 0 aliphatic carbocycles. The zero-order valence-corrected chi connectivity index (χ0v) is 17.8. The van der Waals surface area contributed by atoms with E-state index < -0.39 is 25.9 Å². The van der Waals surface area contributed by atoms with E-state index in [1.807, 2.05) is 0 Å². The molecule has 0 atom stereocenters. The first-order valence-corrected chi connectivity index (χ1v) is 11.9. The largest absolute Gasteiger partial charge is 0.543 e. The molecule has 2 aromatic carbocycles. The van der Waals surface area contributed by atoms with Crippen molar-refractivity contribution in [2.24, 2.45) is 0 Å². The summed E-state index contributed by atoms with van der Waals surface area (Å²) in [6, 6.07) is 9.56. The average molecular weight is 405 g/mol. The van der Waals surface area contributed by atoms with Crippen LogP contribution in [0.25, 0.3) is 17.2 Å². The lowest BCUT2D eigenvalue weighted by molar-refractivity contribution is -0.131. The molecule has 0 radical (unpaired) electrons. The van der Waals surface area contributed by atoms with Crippen LogP contribution in [0, 0.1) is 11.6 Å². The molecule has 0 saturated carbocycles. The van der Waals surface area contributed by atoms with Crippen molar-refractivity contribution in [3.63, 3.8) is 0 Å². The number of rotatable bonds is 8. The third kappa shape index (κ3) is 4.68. The van der Waals surface area contributed by atoms with Gasteiger partial charge in [0, 0.05) is 30.2 Å². The molecule has 0 spiro atoms. The van der Waals surface area contributed by atoms with E-state index >= 15 is 0 Å². The summed E-state index contributed by atoms with van der Waals surface area (Å²) in [6.45, 7) is 11.2. The smallest absolute Gasteiger partial charge is 0.308 e. The van der Waals surface area contributed by atoms with Gasteiger partial charge in [-0.25, -0.2) is 8.78 Å². The number of hydrogen-bond donors (Lipinski definition) is 0. The van der Waals surface area contributed by atoms with Crippen molar-refractivity contribution < 1.29 is 22.7 Å². The molecule has 6 heteroatoms. The minimum Gasteiger partial charge on any atom is -0.543 e. The highest BCUT2D eigenvalue weighted by molar-refractivity contribution is 6.74. The van der Waals surface area contributed by atoms with Crippen molar-refractivity contribution >= 4 is 20.4 Å². The molecule has 3 nitrogen and oxygen atoms in total. The topological polar surface area (TPSA) is 35.5 Å². The van der Waals surface area contributed by atoms with E-state index in [-0.39, 0.29) is 5.56 Å². The maximum absolute atomic E-state index is 14.7. The van der Waals surface area contributed by atoms with E-state index in [1.165, 1.54) is 19.1 Å². The lowest BCUT2D eigenvalue weighted by atomic mass is 9.98. The maximum Gasteiger partial charge on any atom is 0.308 e. The van der Waals surface area contributed by atoms with Crippen molar-refractivity contribution in [2.75, 3.05) is 0 Å². The van der Waals surface area contributed by atoms with Gasteiger partial charge in [0.1, 0.15) is 23.1 Å². The third-order valence-electron chi connectivity index (χ3n) is 5.05. The van der Waals surface area contributed by atoms with Crippen LogP contribution >= 0.6 is 0 Å². The fourth-order valence-corrected chi connectivity index (χ4v) is 5.83. The highest BCUT2D eigenvalue weighted by atomic mass is 28.4. The summed E-state index contributed by atoms with van der Waals surface area (Å²) < 4.78 is 40.1. The Morgan fingerprint density at radius 1 is 1.11 bits per heavy atom. The minimum atomic E-state index is -2.10. The summed E-state index contributed by atoms with van der Waals surface area (Å²) in [6.07, 6.45) is 1.41. The van der Waals surface area contributed by atoms with Gasteiger partial charge in [-0.1, -0.05) is 33.4 Å². The van der Waals surface area contributed by atoms with Crippen molar-refractivity contribution in [2.45, 2.75) is 45.8 Å². The van der Waals surface area contributed by atoms with Crippen molar-refractivity contribution in [3.05, 3.63) is 54.1 Å². The third-order valence-corrected chi connectivity index (χ3v) is 9.57. The molecular formula is C22H26F2O3Si. The molecule has 150 valence electrons. The van der Waals surface area contributed by atoms with Gasteiger partial charge in [0.15, 0.2) is 0 Å². The van der Waals surface area contributed by atoms with Crippen molar-refractivity contribution in [3.8, 4) is 22.6 Å².